The summed E-state index contributed by atoms with van der Waals surface area (Å²) in [7, 11) is 1.59. The molecule has 0 aliphatic carbocycles. The molecule has 1 heterocycles. The number of anilines is 1. The molecular weight excluding hydrogens is 302 g/mol. The third kappa shape index (κ3) is 2.48. The van der Waals surface area contributed by atoms with Crippen LogP contribution >= 0.6 is 0 Å². The number of rotatable bonds is 3. The molecule has 0 fully saturated rings. The van der Waals surface area contributed by atoms with Crippen molar-refractivity contribution in [2.24, 2.45) is 0 Å². The Morgan fingerprint density at radius 2 is 1.67 bits per heavy atom. The normalized spacial score (nSPS) is 10.9. The molecule has 0 saturated carbocycles. The van der Waals surface area contributed by atoms with E-state index in [2.05, 4.69) is 5.32 Å². The Balaban J connectivity index is 1.63. The zero-order chi connectivity index (χ0) is 16.5. The maximum Gasteiger partial charge on any atom is 0.255 e. The van der Waals surface area contributed by atoms with Crippen LogP contribution < -0.4 is 10.1 Å². The van der Waals surface area contributed by atoms with Crippen LogP contribution in [0.15, 0.2) is 71.1 Å². The van der Waals surface area contributed by atoms with Crippen LogP contribution in [0.1, 0.15) is 10.4 Å². The van der Waals surface area contributed by atoms with Crippen molar-refractivity contribution in [2.45, 2.75) is 0 Å². The van der Waals surface area contributed by atoms with Crippen molar-refractivity contribution >= 4 is 33.5 Å². The van der Waals surface area contributed by atoms with E-state index in [-0.39, 0.29) is 5.91 Å². The van der Waals surface area contributed by atoms with Gasteiger partial charge in [-0.25, -0.2) is 0 Å². The van der Waals surface area contributed by atoms with Gasteiger partial charge >= 0.3 is 0 Å². The zero-order valence-corrected chi connectivity index (χ0v) is 13.1. The first-order valence-corrected chi connectivity index (χ1v) is 7.61. The van der Waals surface area contributed by atoms with Gasteiger partial charge in [-0.3, -0.25) is 4.79 Å². The highest BCUT2D eigenvalue weighted by Gasteiger charge is 2.10. The molecule has 4 rings (SSSR count). The van der Waals surface area contributed by atoms with Crippen molar-refractivity contribution in [1.29, 1.82) is 0 Å². The number of hydrogen-bond donors (Lipinski definition) is 1. The molecular formula is C20H15NO3. The van der Waals surface area contributed by atoms with Gasteiger partial charge in [-0.2, -0.15) is 0 Å². The minimum absolute atomic E-state index is 0.173. The molecule has 4 heteroatoms. The fraction of sp³-hybridized carbons (Fsp3) is 0.0500. The SMILES string of the molecule is COc1ccc(C(=O)Nc2ccc3c(c2)oc2ccccc23)cc1. The van der Waals surface area contributed by atoms with E-state index in [1.807, 2.05) is 42.5 Å². The van der Waals surface area contributed by atoms with Crippen molar-refractivity contribution in [2.75, 3.05) is 12.4 Å². The fourth-order valence-electron chi connectivity index (χ4n) is 2.75. The van der Waals surface area contributed by atoms with Gasteiger partial charge in [0.05, 0.1) is 7.11 Å². The number of ether oxygens (including phenoxy) is 1. The van der Waals surface area contributed by atoms with Crippen LogP contribution in [-0.2, 0) is 0 Å². The van der Waals surface area contributed by atoms with Gasteiger partial charge in [-0.1, -0.05) is 18.2 Å². The van der Waals surface area contributed by atoms with E-state index in [9.17, 15) is 4.79 Å². The van der Waals surface area contributed by atoms with Gasteiger partial charge in [-0.05, 0) is 42.5 Å². The van der Waals surface area contributed by atoms with Crippen LogP contribution in [0.25, 0.3) is 21.9 Å². The quantitative estimate of drug-likeness (QED) is 0.588. The summed E-state index contributed by atoms with van der Waals surface area (Å²) >= 11 is 0. The molecule has 1 amide bonds. The van der Waals surface area contributed by atoms with Crippen LogP contribution in [0.4, 0.5) is 5.69 Å². The van der Waals surface area contributed by atoms with Gasteiger partial charge in [0, 0.05) is 28.1 Å². The first-order valence-electron chi connectivity index (χ1n) is 7.61. The van der Waals surface area contributed by atoms with Crippen LogP contribution in [0, 0.1) is 0 Å². The van der Waals surface area contributed by atoms with Crippen LogP contribution in [0.5, 0.6) is 5.75 Å². The lowest BCUT2D eigenvalue weighted by atomic mass is 10.1. The van der Waals surface area contributed by atoms with Crippen LogP contribution in [0.2, 0.25) is 0 Å². The molecule has 118 valence electrons. The lowest BCUT2D eigenvalue weighted by Crippen LogP contribution is -2.11. The average Bonchev–Trinajstić information content (AvgIpc) is 2.99. The van der Waals surface area contributed by atoms with Gasteiger partial charge in [0.2, 0.25) is 0 Å². The average molecular weight is 317 g/mol. The number of furan rings is 1. The Hall–Kier alpha value is -3.27. The van der Waals surface area contributed by atoms with E-state index >= 15 is 0 Å². The molecule has 0 spiro atoms. The summed E-state index contributed by atoms with van der Waals surface area (Å²) in [4.78, 5) is 12.3. The molecule has 0 radical (unpaired) electrons. The monoisotopic (exact) mass is 317 g/mol. The third-order valence-corrected chi connectivity index (χ3v) is 3.99. The smallest absolute Gasteiger partial charge is 0.255 e. The van der Waals surface area contributed by atoms with E-state index in [1.54, 1.807) is 31.4 Å². The molecule has 0 saturated heterocycles. The summed E-state index contributed by atoms with van der Waals surface area (Å²) in [6, 6.07) is 20.6. The molecule has 1 N–H and O–H groups in total. The van der Waals surface area contributed by atoms with Crippen LogP contribution in [-0.4, -0.2) is 13.0 Å². The second-order valence-corrected chi connectivity index (χ2v) is 5.49. The van der Waals surface area contributed by atoms with Gasteiger partial charge < -0.3 is 14.5 Å². The number of benzene rings is 3. The topological polar surface area (TPSA) is 51.5 Å². The van der Waals surface area contributed by atoms with Gasteiger partial charge in [-0.15, -0.1) is 0 Å². The summed E-state index contributed by atoms with van der Waals surface area (Å²) in [6.07, 6.45) is 0. The number of fused-ring (bicyclic) bond motifs is 3. The van der Waals surface area contributed by atoms with Crippen molar-refractivity contribution in [1.82, 2.24) is 0 Å². The zero-order valence-electron chi connectivity index (χ0n) is 13.1. The number of methoxy groups -OCH3 is 1. The molecule has 4 aromatic rings. The third-order valence-electron chi connectivity index (χ3n) is 3.99. The minimum atomic E-state index is -0.173. The van der Waals surface area contributed by atoms with E-state index in [0.29, 0.717) is 11.3 Å². The largest absolute Gasteiger partial charge is 0.497 e. The second kappa shape index (κ2) is 5.74. The number of para-hydroxylation sites is 1. The number of carbonyl (C=O) groups excluding carboxylic acids is 1. The van der Waals surface area contributed by atoms with Crippen molar-refractivity contribution in [3.8, 4) is 5.75 Å². The van der Waals surface area contributed by atoms with Gasteiger partial charge in [0.25, 0.3) is 5.91 Å². The number of nitrogens with one attached hydrogen (secondary N) is 1. The van der Waals surface area contributed by atoms with Crippen molar-refractivity contribution in [3.63, 3.8) is 0 Å². The highest BCUT2D eigenvalue weighted by molar-refractivity contribution is 6.08. The molecule has 4 nitrogen and oxygen atoms in total. The predicted molar refractivity (Wildman–Crippen MR) is 94.7 cm³/mol. The Kier molecular flexibility index (Phi) is 3.43. The second-order valence-electron chi connectivity index (χ2n) is 5.49. The fourth-order valence-corrected chi connectivity index (χ4v) is 2.75. The van der Waals surface area contributed by atoms with E-state index in [4.69, 9.17) is 9.15 Å². The highest BCUT2D eigenvalue weighted by atomic mass is 16.5. The summed E-state index contributed by atoms with van der Waals surface area (Å²) < 4.78 is 10.9. The first-order chi connectivity index (χ1) is 11.7. The summed E-state index contributed by atoms with van der Waals surface area (Å²) in [6.45, 7) is 0. The molecule has 24 heavy (non-hydrogen) atoms. The molecule has 0 bridgehead atoms. The van der Waals surface area contributed by atoms with E-state index in [0.717, 1.165) is 27.7 Å². The molecule has 1 aromatic heterocycles. The molecule has 0 aliphatic rings. The summed E-state index contributed by atoms with van der Waals surface area (Å²) in [5.74, 6) is 0.545. The summed E-state index contributed by atoms with van der Waals surface area (Å²) in [5, 5.41) is 5.00. The molecule has 0 unspecified atom stereocenters. The Labute approximate surface area is 138 Å². The standard InChI is InChI=1S/C20H15NO3/c1-23-15-9-6-13(7-10-15)20(22)21-14-8-11-17-16-4-2-3-5-18(16)24-19(17)12-14/h2-12H,1H3,(H,21,22). The Morgan fingerprint density at radius 1 is 0.917 bits per heavy atom. The van der Waals surface area contributed by atoms with Crippen molar-refractivity contribution < 1.29 is 13.9 Å². The highest BCUT2D eigenvalue weighted by Crippen LogP contribution is 2.30. The predicted octanol–water partition coefficient (Wildman–Crippen LogP) is 4.85. The lowest BCUT2D eigenvalue weighted by Gasteiger charge is -2.06. The Bertz CT molecular complexity index is 1030. The summed E-state index contributed by atoms with van der Waals surface area (Å²) in [5.41, 5.74) is 2.86. The van der Waals surface area contributed by atoms with Gasteiger partial charge in [0.15, 0.2) is 0 Å². The minimum Gasteiger partial charge on any atom is -0.497 e. The Morgan fingerprint density at radius 3 is 2.46 bits per heavy atom. The van der Waals surface area contributed by atoms with E-state index < -0.39 is 0 Å². The number of carbonyl (C=O) groups is 1. The first kappa shape index (κ1) is 14.3. The number of hydrogen-bond acceptors (Lipinski definition) is 3. The maximum absolute atomic E-state index is 12.3. The van der Waals surface area contributed by atoms with Crippen molar-refractivity contribution in [3.05, 3.63) is 72.3 Å². The maximum atomic E-state index is 12.3. The van der Waals surface area contributed by atoms with Gasteiger partial charge in [0.1, 0.15) is 16.9 Å². The van der Waals surface area contributed by atoms with E-state index in [1.165, 1.54) is 0 Å². The lowest BCUT2D eigenvalue weighted by molar-refractivity contribution is 0.102. The van der Waals surface area contributed by atoms with Crippen LogP contribution in [0.3, 0.4) is 0 Å². The molecule has 3 aromatic carbocycles. The number of amides is 1. The molecule has 0 atom stereocenters. The molecule has 0 aliphatic heterocycles.